The fourth-order valence-electron chi connectivity index (χ4n) is 3.90. The van der Waals surface area contributed by atoms with Crippen LogP contribution in [0.4, 0.5) is 5.69 Å². The first-order valence-electron chi connectivity index (χ1n) is 7.89. The SMILES string of the molecule is N#Cc1c(N2CCC3(CCC3)CC2)c2ncccc2[nH]c1=O. The maximum Gasteiger partial charge on any atom is 0.268 e. The third-order valence-electron chi connectivity index (χ3n) is 5.41. The molecule has 3 heterocycles. The Bertz CT molecular complexity index is 819. The predicted molar refractivity (Wildman–Crippen MR) is 84.8 cm³/mol. The highest BCUT2D eigenvalue weighted by Crippen LogP contribution is 2.49. The van der Waals surface area contributed by atoms with Gasteiger partial charge in [-0.05, 0) is 43.2 Å². The Balaban J connectivity index is 1.80. The van der Waals surface area contributed by atoms with E-state index in [1.54, 1.807) is 12.3 Å². The highest BCUT2D eigenvalue weighted by atomic mass is 16.1. The third-order valence-corrected chi connectivity index (χ3v) is 5.41. The molecule has 0 amide bonds. The second kappa shape index (κ2) is 4.84. The van der Waals surface area contributed by atoms with Gasteiger partial charge in [-0.15, -0.1) is 0 Å². The van der Waals surface area contributed by atoms with E-state index in [1.807, 2.05) is 6.07 Å². The average molecular weight is 294 g/mol. The van der Waals surface area contributed by atoms with Crippen LogP contribution in [0.1, 0.15) is 37.7 Å². The van der Waals surface area contributed by atoms with Gasteiger partial charge in [0.15, 0.2) is 0 Å². The summed E-state index contributed by atoms with van der Waals surface area (Å²) in [4.78, 5) is 21.6. The fraction of sp³-hybridized carbons (Fsp3) is 0.471. The molecule has 1 spiro atoms. The van der Waals surface area contributed by atoms with Crippen molar-refractivity contribution in [2.45, 2.75) is 32.1 Å². The Labute approximate surface area is 128 Å². The van der Waals surface area contributed by atoms with Gasteiger partial charge in [-0.1, -0.05) is 6.42 Å². The zero-order valence-corrected chi connectivity index (χ0v) is 12.4. The molecule has 0 radical (unpaired) electrons. The van der Waals surface area contributed by atoms with Crippen molar-refractivity contribution in [1.82, 2.24) is 9.97 Å². The van der Waals surface area contributed by atoms with E-state index < -0.39 is 0 Å². The number of piperidine rings is 1. The smallest absolute Gasteiger partial charge is 0.268 e. The van der Waals surface area contributed by atoms with Gasteiger partial charge in [0, 0.05) is 19.3 Å². The first-order valence-corrected chi connectivity index (χ1v) is 7.89. The van der Waals surface area contributed by atoms with Crippen molar-refractivity contribution in [1.29, 1.82) is 5.26 Å². The molecule has 4 rings (SSSR count). The summed E-state index contributed by atoms with van der Waals surface area (Å²) in [5, 5.41) is 9.42. The Kier molecular flexibility index (Phi) is 2.93. The minimum Gasteiger partial charge on any atom is -0.368 e. The average Bonchev–Trinajstić information content (AvgIpc) is 2.52. The minimum atomic E-state index is -0.318. The fourth-order valence-corrected chi connectivity index (χ4v) is 3.90. The van der Waals surface area contributed by atoms with Crippen molar-refractivity contribution in [3.05, 3.63) is 34.2 Å². The highest BCUT2D eigenvalue weighted by Gasteiger charge is 2.40. The van der Waals surface area contributed by atoms with E-state index in [2.05, 4.69) is 20.9 Å². The van der Waals surface area contributed by atoms with Gasteiger partial charge in [-0.2, -0.15) is 5.26 Å². The van der Waals surface area contributed by atoms with Crippen LogP contribution in [0.15, 0.2) is 23.1 Å². The zero-order chi connectivity index (χ0) is 15.2. The Morgan fingerprint density at radius 1 is 1.27 bits per heavy atom. The summed E-state index contributed by atoms with van der Waals surface area (Å²) in [7, 11) is 0. The maximum atomic E-state index is 12.2. The molecular formula is C17H18N4O. The van der Waals surface area contributed by atoms with E-state index in [0.717, 1.165) is 37.1 Å². The Hall–Kier alpha value is -2.35. The van der Waals surface area contributed by atoms with Crippen LogP contribution in [0.25, 0.3) is 11.0 Å². The lowest BCUT2D eigenvalue weighted by molar-refractivity contribution is 0.0955. The Morgan fingerprint density at radius 2 is 2.05 bits per heavy atom. The van der Waals surface area contributed by atoms with Gasteiger partial charge in [0.1, 0.15) is 17.1 Å². The monoisotopic (exact) mass is 294 g/mol. The van der Waals surface area contributed by atoms with Crippen LogP contribution in [0, 0.1) is 16.7 Å². The van der Waals surface area contributed by atoms with E-state index in [1.165, 1.54) is 19.3 Å². The molecule has 2 aromatic rings. The molecule has 1 saturated heterocycles. The van der Waals surface area contributed by atoms with Crippen molar-refractivity contribution in [2.75, 3.05) is 18.0 Å². The highest BCUT2D eigenvalue weighted by molar-refractivity contribution is 5.91. The summed E-state index contributed by atoms with van der Waals surface area (Å²) in [6.07, 6.45) is 8.03. The molecule has 2 aromatic heterocycles. The summed E-state index contributed by atoms with van der Waals surface area (Å²) in [5.74, 6) is 0. The number of fused-ring (bicyclic) bond motifs is 1. The largest absolute Gasteiger partial charge is 0.368 e. The molecule has 22 heavy (non-hydrogen) atoms. The van der Waals surface area contributed by atoms with Gasteiger partial charge in [0.2, 0.25) is 0 Å². The minimum absolute atomic E-state index is 0.191. The third kappa shape index (κ3) is 1.91. The second-order valence-electron chi connectivity index (χ2n) is 6.53. The number of hydrogen-bond acceptors (Lipinski definition) is 4. The topological polar surface area (TPSA) is 72.8 Å². The summed E-state index contributed by atoms with van der Waals surface area (Å²) >= 11 is 0. The molecule has 0 bridgehead atoms. The molecule has 112 valence electrons. The number of H-pyrrole nitrogens is 1. The molecule has 5 heteroatoms. The van der Waals surface area contributed by atoms with Gasteiger partial charge in [-0.3, -0.25) is 9.78 Å². The number of nitrogens with zero attached hydrogens (tertiary/aromatic N) is 3. The van der Waals surface area contributed by atoms with Crippen molar-refractivity contribution >= 4 is 16.7 Å². The van der Waals surface area contributed by atoms with Crippen LogP contribution in [0.5, 0.6) is 0 Å². The lowest BCUT2D eigenvalue weighted by Crippen LogP contribution is -2.44. The molecule has 0 aromatic carbocycles. The predicted octanol–water partition coefficient (Wildman–Crippen LogP) is 2.57. The van der Waals surface area contributed by atoms with Crippen LogP contribution in [-0.4, -0.2) is 23.1 Å². The van der Waals surface area contributed by atoms with E-state index in [-0.39, 0.29) is 11.1 Å². The van der Waals surface area contributed by atoms with E-state index in [0.29, 0.717) is 10.9 Å². The molecule has 1 aliphatic heterocycles. The van der Waals surface area contributed by atoms with Crippen molar-refractivity contribution in [3.63, 3.8) is 0 Å². The van der Waals surface area contributed by atoms with Crippen LogP contribution < -0.4 is 10.5 Å². The number of aromatic amines is 1. The summed E-state index contributed by atoms with van der Waals surface area (Å²) in [6.45, 7) is 1.81. The molecule has 0 atom stereocenters. The van der Waals surface area contributed by atoms with Crippen LogP contribution >= 0.6 is 0 Å². The first-order chi connectivity index (χ1) is 10.7. The van der Waals surface area contributed by atoms with Crippen molar-refractivity contribution in [2.24, 2.45) is 5.41 Å². The lowest BCUT2D eigenvalue weighted by atomic mass is 9.63. The quantitative estimate of drug-likeness (QED) is 0.877. The summed E-state index contributed by atoms with van der Waals surface area (Å²) in [6, 6.07) is 5.71. The number of pyridine rings is 2. The van der Waals surface area contributed by atoms with Gasteiger partial charge in [-0.25, -0.2) is 0 Å². The molecule has 0 unspecified atom stereocenters. The maximum absolute atomic E-state index is 12.2. The molecule has 1 N–H and O–H groups in total. The molecule has 5 nitrogen and oxygen atoms in total. The number of nitrogens with one attached hydrogen (secondary N) is 1. The van der Waals surface area contributed by atoms with Gasteiger partial charge in [0.25, 0.3) is 5.56 Å². The molecular weight excluding hydrogens is 276 g/mol. The molecule has 1 aliphatic carbocycles. The summed E-state index contributed by atoms with van der Waals surface area (Å²) in [5.41, 5.74) is 2.55. The second-order valence-corrected chi connectivity index (χ2v) is 6.53. The van der Waals surface area contributed by atoms with Crippen molar-refractivity contribution in [3.8, 4) is 6.07 Å². The molecule has 2 aliphatic rings. The van der Waals surface area contributed by atoms with E-state index >= 15 is 0 Å². The van der Waals surface area contributed by atoms with Gasteiger partial charge in [0.05, 0.1) is 11.2 Å². The number of hydrogen-bond donors (Lipinski definition) is 1. The van der Waals surface area contributed by atoms with Gasteiger partial charge < -0.3 is 9.88 Å². The summed E-state index contributed by atoms with van der Waals surface area (Å²) < 4.78 is 0. The number of nitriles is 1. The standard InChI is InChI=1S/C17H18N4O/c18-11-12-15(14-13(20-16(12)22)3-1-8-19-14)21-9-6-17(7-10-21)4-2-5-17/h1,3,8H,2,4-7,9-10H2,(H,20,22). The number of anilines is 1. The Morgan fingerprint density at radius 3 is 2.68 bits per heavy atom. The van der Waals surface area contributed by atoms with Gasteiger partial charge >= 0.3 is 0 Å². The zero-order valence-electron chi connectivity index (χ0n) is 12.4. The van der Waals surface area contributed by atoms with Crippen LogP contribution in [0.2, 0.25) is 0 Å². The number of rotatable bonds is 1. The molecule has 1 saturated carbocycles. The normalized spacial score (nSPS) is 19.9. The lowest BCUT2D eigenvalue weighted by Gasteiger charge is -2.48. The number of aromatic nitrogens is 2. The van der Waals surface area contributed by atoms with Crippen molar-refractivity contribution < 1.29 is 0 Å². The first kappa shape index (κ1) is 13.3. The van der Waals surface area contributed by atoms with Crippen LogP contribution in [-0.2, 0) is 0 Å². The van der Waals surface area contributed by atoms with Crippen LogP contribution in [0.3, 0.4) is 0 Å². The molecule has 2 fully saturated rings. The van der Waals surface area contributed by atoms with E-state index in [9.17, 15) is 10.1 Å². The van der Waals surface area contributed by atoms with E-state index in [4.69, 9.17) is 0 Å².